The molecule has 0 aromatic heterocycles. The molecule has 19 heavy (non-hydrogen) atoms. The van der Waals surface area contributed by atoms with Gasteiger partial charge >= 0.3 is 0 Å². The van der Waals surface area contributed by atoms with Crippen LogP contribution >= 0.6 is 0 Å². The van der Waals surface area contributed by atoms with Crippen LogP contribution in [0.3, 0.4) is 0 Å². The molecule has 1 atom stereocenters. The van der Waals surface area contributed by atoms with Crippen molar-refractivity contribution in [2.45, 2.75) is 25.3 Å². The van der Waals surface area contributed by atoms with E-state index in [1.807, 2.05) is 12.1 Å². The van der Waals surface area contributed by atoms with Gasteiger partial charge in [-0.1, -0.05) is 6.07 Å². The summed E-state index contributed by atoms with van der Waals surface area (Å²) >= 11 is 0. The molecule has 1 aromatic carbocycles. The number of hydrogen-bond donors (Lipinski definition) is 1. The van der Waals surface area contributed by atoms with Crippen LogP contribution < -0.4 is 15.2 Å². The zero-order valence-corrected chi connectivity index (χ0v) is 11.9. The topological polar surface area (TPSA) is 47.7 Å². The summed E-state index contributed by atoms with van der Waals surface area (Å²) in [5.41, 5.74) is 7.43. The third-order valence-corrected chi connectivity index (χ3v) is 3.64. The van der Waals surface area contributed by atoms with Gasteiger partial charge in [0, 0.05) is 12.6 Å². The van der Waals surface area contributed by atoms with Gasteiger partial charge in [-0.2, -0.15) is 0 Å². The number of hydrogen-bond acceptors (Lipinski definition) is 4. The van der Waals surface area contributed by atoms with Gasteiger partial charge in [0.25, 0.3) is 0 Å². The Balaban J connectivity index is 1.94. The molecule has 1 saturated heterocycles. The number of methoxy groups -OCH3 is 2. The van der Waals surface area contributed by atoms with Crippen LogP contribution in [0.5, 0.6) is 11.5 Å². The molecule has 2 rings (SSSR count). The minimum atomic E-state index is 0.177. The lowest BCUT2D eigenvalue weighted by atomic mass is 10.1. The van der Waals surface area contributed by atoms with Gasteiger partial charge in [0.1, 0.15) is 0 Å². The molecule has 1 aliphatic heterocycles. The molecule has 0 unspecified atom stereocenters. The van der Waals surface area contributed by atoms with Crippen molar-refractivity contribution in [2.24, 2.45) is 5.73 Å². The molecule has 106 valence electrons. The van der Waals surface area contributed by atoms with E-state index in [4.69, 9.17) is 15.2 Å². The Kier molecular flexibility index (Phi) is 5.05. The standard InChI is InChI=1S/C15H24N2O2/c1-18-14-6-5-12(10-15(14)19-2)9-13(16)11-17-7-3-4-8-17/h5-6,10,13H,3-4,7-9,11,16H2,1-2H3/t13-/m0/s1. The van der Waals surface area contributed by atoms with Gasteiger partial charge in [0.2, 0.25) is 0 Å². The molecular weight excluding hydrogens is 240 g/mol. The molecule has 0 aliphatic carbocycles. The van der Waals surface area contributed by atoms with E-state index in [1.165, 1.54) is 31.5 Å². The van der Waals surface area contributed by atoms with E-state index in [0.29, 0.717) is 0 Å². The smallest absolute Gasteiger partial charge is 0.160 e. The summed E-state index contributed by atoms with van der Waals surface area (Å²) in [6.45, 7) is 3.37. The van der Waals surface area contributed by atoms with Crippen LogP contribution in [0.15, 0.2) is 18.2 Å². The monoisotopic (exact) mass is 264 g/mol. The van der Waals surface area contributed by atoms with Gasteiger partial charge in [0.05, 0.1) is 14.2 Å². The Labute approximate surface area is 115 Å². The highest BCUT2D eigenvalue weighted by atomic mass is 16.5. The van der Waals surface area contributed by atoms with Crippen LogP contribution in [0.2, 0.25) is 0 Å². The SMILES string of the molecule is COc1ccc(C[C@H](N)CN2CCCC2)cc1OC. The summed E-state index contributed by atoms with van der Waals surface area (Å²) in [6.07, 6.45) is 3.49. The molecule has 1 heterocycles. The lowest BCUT2D eigenvalue weighted by molar-refractivity contribution is 0.312. The second kappa shape index (κ2) is 6.78. The second-order valence-electron chi connectivity index (χ2n) is 5.16. The van der Waals surface area contributed by atoms with Gasteiger partial charge in [-0.05, 0) is 50.0 Å². The maximum atomic E-state index is 6.23. The summed E-state index contributed by atoms with van der Waals surface area (Å²) in [5, 5.41) is 0. The Morgan fingerprint density at radius 1 is 1.16 bits per heavy atom. The van der Waals surface area contributed by atoms with Gasteiger partial charge in [-0.3, -0.25) is 0 Å². The van der Waals surface area contributed by atoms with Gasteiger partial charge in [-0.25, -0.2) is 0 Å². The number of ether oxygens (including phenoxy) is 2. The molecule has 0 radical (unpaired) electrons. The Morgan fingerprint density at radius 2 is 1.84 bits per heavy atom. The van der Waals surface area contributed by atoms with E-state index in [-0.39, 0.29) is 6.04 Å². The fraction of sp³-hybridized carbons (Fsp3) is 0.600. The predicted molar refractivity (Wildman–Crippen MR) is 76.9 cm³/mol. The summed E-state index contributed by atoms with van der Waals surface area (Å²) in [4.78, 5) is 2.45. The molecule has 4 heteroatoms. The van der Waals surface area contributed by atoms with Crippen molar-refractivity contribution in [3.63, 3.8) is 0 Å². The Hall–Kier alpha value is -1.26. The third kappa shape index (κ3) is 3.85. The molecule has 0 amide bonds. The van der Waals surface area contributed by atoms with E-state index in [1.54, 1.807) is 14.2 Å². The zero-order chi connectivity index (χ0) is 13.7. The normalized spacial score (nSPS) is 17.4. The van der Waals surface area contributed by atoms with E-state index >= 15 is 0 Å². The second-order valence-corrected chi connectivity index (χ2v) is 5.16. The number of nitrogens with two attached hydrogens (primary N) is 1. The average molecular weight is 264 g/mol. The van der Waals surface area contributed by atoms with Gasteiger partial charge in [-0.15, -0.1) is 0 Å². The molecule has 1 aromatic rings. The van der Waals surface area contributed by atoms with E-state index < -0.39 is 0 Å². The van der Waals surface area contributed by atoms with E-state index in [9.17, 15) is 0 Å². The van der Waals surface area contributed by atoms with Crippen LogP contribution in [-0.4, -0.2) is 44.8 Å². The predicted octanol–water partition coefficient (Wildman–Crippen LogP) is 1.67. The third-order valence-electron chi connectivity index (χ3n) is 3.64. The van der Waals surface area contributed by atoms with Crippen LogP contribution in [0.4, 0.5) is 0 Å². The molecule has 0 spiro atoms. The lowest BCUT2D eigenvalue weighted by Gasteiger charge is -2.20. The number of likely N-dealkylation sites (tertiary alicyclic amines) is 1. The summed E-state index contributed by atoms with van der Waals surface area (Å²) in [6, 6.07) is 6.20. The largest absolute Gasteiger partial charge is 0.493 e. The highest BCUT2D eigenvalue weighted by Gasteiger charge is 2.15. The molecule has 0 bridgehead atoms. The molecule has 1 aliphatic rings. The van der Waals surface area contributed by atoms with Crippen LogP contribution in [0, 0.1) is 0 Å². The number of benzene rings is 1. The minimum Gasteiger partial charge on any atom is -0.493 e. The van der Waals surface area contributed by atoms with Crippen molar-refractivity contribution >= 4 is 0 Å². The Bertz CT molecular complexity index is 403. The first kappa shape index (κ1) is 14.2. The first-order chi connectivity index (χ1) is 9.22. The molecule has 1 fully saturated rings. The maximum Gasteiger partial charge on any atom is 0.160 e. The lowest BCUT2D eigenvalue weighted by Crippen LogP contribution is -2.37. The summed E-state index contributed by atoms with van der Waals surface area (Å²) in [7, 11) is 3.31. The molecule has 4 nitrogen and oxygen atoms in total. The molecular formula is C15H24N2O2. The fourth-order valence-corrected chi connectivity index (χ4v) is 2.67. The van der Waals surface area contributed by atoms with Gasteiger partial charge in [0.15, 0.2) is 11.5 Å². The highest BCUT2D eigenvalue weighted by molar-refractivity contribution is 5.43. The van der Waals surface area contributed by atoms with Crippen LogP contribution in [0.1, 0.15) is 18.4 Å². The van der Waals surface area contributed by atoms with Crippen LogP contribution in [-0.2, 0) is 6.42 Å². The quantitative estimate of drug-likeness (QED) is 0.849. The number of rotatable bonds is 6. The molecule has 2 N–H and O–H groups in total. The van der Waals surface area contributed by atoms with E-state index in [0.717, 1.165) is 24.5 Å². The number of nitrogens with zero attached hydrogens (tertiary/aromatic N) is 1. The van der Waals surface area contributed by atoms with Crippen molar-refractivity contribution in [3.05, 3.63) is 23.8 Å². The average Bonchev–Trinajstić information content (AvgIpc) is 2.91. The van der Waals surface area contributed by atoms with E-state index in [2.05, 4.69) is 11.0 Å². The van der Waals surface area contributed by atoms with Crippen molar-refractivity contribution in [3.8, 4) is 11.5 Å². The maximum absolute atomic E-state index is 6.23. The minimum absolute atomic E-state index is 0.177. The van der Waals surface area contributed by atoms with Crippen molar-refractivity contribution in [1.29, 1.82) is 0 Å². The first-order valence-electron chi connectivity index (χ1n) is 6.91. The summed E-state index contributed by atoms with van der Waals surface area (Å²) < 4.78 is 10.6. The first-order valence-corrected chi connectivity index (χ1v) is 6.91. The van der Waals surface area contributed by atoms with Crippen molar-refractivity contribution in [1.82, 2.24) is 4.90 Å². The Morgan fingerprint density at radius 3 is 2.47 bits per heavy atom. The van der Waals surface area contributed by atoms with Gasteiger partial charge < -0.3 is 20.1 Å². The fourth-order valence-electron chi connectivity index (χ4n) is 2.67. The van der Waals surface area contributed by atoms with Crippen molar-refractivity contribution < 1.29 is 9.47 Å². The van der Waals surface area contributed by atoms with Crippen molar-refractivity contribution in [2.75, 3.05) is 33.9 Å². The highest BCUT2D eigenvalue weighted by Crippen LogP contribution is 2.27. The molecule has 0 saturated carbocycles. The summed E-state index contributed by atoms with van der Waals surface area (Å²) in [5.74, 6) is 1.53. The zero-order valence-electron chi connectivity index (χ0n) is 11.9. The van der Waals surface area contributed by atoms with Crippen LogP contribution in [0.25, 0.3) is 0 Å².